The second kappa shape index (κ2) is 8.28. The van der Waals surface area contributed by atoms with Crippen molar-refractivity contribution in [2.24, 2.45) is 0 Å². The highest BCUT2D eigenvalue weighted by Crippen LogP contribution is 2.35. The van der Waals surface area contributed by atoms with Gasteiger partial charge in [0.05, 0.1) is 25.1 Å². The van der Waals surface area contributed by atoms with E-state index in [4.69, 9.17) is 14.2 Å². The fourth-order valence-electron chi connectivity index (χ4n) is 4.05. The van der Waals surface area contributed by atoms with E-state index in [-0.39, 0.29) is 12.0 Å². The lowest BCUT2D eigenvalue weighted by Gasteiger charge is -2.26. The van der Waals surface area contributed by atoms with Gasteiger partial charge < -0.3 is 19.5 Å². The minimum absolute atomic E-state index is 0.168. The van der Waals surface area contributed by atoms with Crippen molar-refractivity contribution in [1.29, 1.82) is 0 Å². The molecule has 0 unspecified atom stereocenters. The van der Waals surface area contributed by atoms with Crippen LogP contribution in [0.3, 0.4) is 0 Å². The molecule has 4 aromatic rings. The van der Waals surface area contributed by atoms with E-state index in [0.717, 1.165) is 39.4 Å². The van der Waals surface area contributed by atoms with Gasteiger partial charge in [-0.2, -0.15) is 5.10 Å². The Hall–Kier alpha value is -3.79. The van der Waals surface area contributed by atoms with Crippen LogP contribution < -0.4 is 14.8 Å². The molecule has 1 atom stereocenters. The zero-order valence-electron chi connectivity index (χ0n) is 18.1. The van der Waals surface area contributed by atoms with Crippen LogP contribution >= 0.6 is 0 Å². The molecule has 0 spiro atoms. The van der Waals surface area contributed by atoms with Crippen molar-refractivity contribution in [3.05, 3.63) is 48.7 Å². The first-order chi connectivity index (χ1) is 16.3. The number of nitrogens with zero attached hydrogens (tertiary/aromatic N) is 6. The molecule has 4 aromatic heterocycles. The van der Waals surface area contributed by atoms with Crippen LogP contribution in [0.1, 0.15) is 24.4 Å². The molecular weight excluding hydrogens is 422 g/mol. The molecule has 0 amide bonds. The standard InChI is InChI=1S/C23H23N7O3/c1-14(18-2-3-24-23-21(18)32-4-5-33-23)8-25-20-7-19(27-13-28-20)15-6-16-10-29-30(17-11-31-12-17)22(16)26-9-15/h2-3,6-7,9-10,13-14,17H,4-5,8,11-12H2,1H3,(H,25,27,28)/t14-/m1/s1. The molecular formula is C23H23N7O3. The van der Waals surface area contributed by atoms with Gasteiger partial charge in [-0.05, 0) is 12.1 Å². The summed E-state index contributed by atoms with van der Waals surface area (Å²) in [4.78, 5) is 17.7. The second-order valence-electron chi connectivity index (χ2n) is 8.22. The third-order valence-corrected chi connectivity index (χ3v) is 5.95. The van der Waals surface area contributed by atoms with E-state index in [1.165, 1.54) is 0 Å². The molecule has 1 saturated heterocycles. The number of rotatable bonds is 6. The van der Waals surface area contributed by atoms with Crippen LogP contribution in [0, 0.1) is 0 Å². The number of hydrogen-bond acceptors (Lipinski definition) is 9. The van der Waals surface area contributed by atoms with Gasteiger partial charge in [0.25, 0.3) is 5.88 Å². The molecule has 0 aliphatic carbocycles. The fraction of sp³-hybridized carbons (Fsp3) is 0.348. The third-order valence-electron chi connectivity index (χ3n) is 5.95. The summed E-state index contributed by atoms with van der Waals surface area (Å²) in [7, 11) is 0. The summed E-state index contributed by atoms with van der Waals surface area (Å²) < 4.78 is 18.6. The van der Waals surface area contributed by atoms with Crippen LogP contribution in [0.2, 0.25) is 0 Å². The lowest BCUT2D eigenvalue weighted by molar-refractivity contribution is -0.0269. The summed E-state index contributed by atoms with van der Waals surface area (Å²) in [6, 6.07) is 6.23. The van der Waals surface area contributed by atoms with Gasteiger partial charge in [-0.15, -0.1) is 0 Å². The van der Waals surface area contributed by atoms with Gasteiger partial charge in [0.1, 0.15) is 31.4 Å². The van der Waals surface area contributed by atoms with Crippen LogP contribution in [-0.2, 0) is 4.74 Å². The molecule has 168 valence electrons. The lowest BCUT2D eigenvalue weighted by Crippen LogP contribution is -2.31. The largest absolute Gasteiger partial charge is 0.484 e. The molecule has 10 nitrogen and oxygen atoms in total. The minimum Gasteiger partial charge on any atom is -0.484 e. The van der Waals surface area contributed by atoms with Gasteiger partial charge in [-0.3, -0.25) is 0 Å². The maximum atomic E-state index is 5.81. The Morgan fingerprint density at radius 2 is 2.00 bits per heavy atom. The van der Waals surface area contributed by atoms with Crippen molar-refractivity contribution in [1.82, 2.24) is 29.7 Å². The molecule has 0 saturated carbocycles. The maximum Gasteiger partial charge on any atom is 0.257 e. The highest BCUT2D eigenvalue weighted by molar-refractivity contribution is 5.80. The Bertz CT molecular complexity index is 1300. The SMILES string of the molecule is C[C@H](CNc1cc(-c2cnc3c(cnn3C3COC3)c2)ncn1)c1ccnc2c1OCCO2. The molecule has 1 fully saturated rings. The molecule has 0 radical (unpaired) electrons. The number of anilines is 1. The van der Waals surface area contributed by atoms with Crippen molar-refractivity contribution in [3.63, 3.8) is 0 Å². The number of ether oxygens (including phenoxy) is 3. The molecule has 0 aromatic carbocycles. The molecule has 6 rings (SSSR count). The zero-order chi connectivity index (χ0) is 22.2. The molecule has 6 heterocycles. The minimum atomic E-state index is 0.168. The third kappa shape index (κ3) is 3.72. The van der Waals surface area contributed by atoms with Crippen LogP contribution in [-0.4, -0.2) is 62.7 Å². The van der Waals surface area contributed by atoms with Gasteiger partial charge in [-0.25, -0.2) is 24.6 Å². The lowest BCUT2D eigenvalue weighted by atomic mass is 10.0. The van der Waals surface area contributed by atoms with Gasteiger partial charge in [0.15, 0.2) is 11.4 Å². The van der Waals surface area contributed by atoms with Crippen LogP contribution in [0.5, 0.6) is 11.6 Å². The van der Waals surface area contributed by atoms with Gasteiger partial charge in [0, 0.05) is 47.4 Å². The fourth-order valence-corrected chi connectivity index (χ4v) is 4.05. The van der Waals surface area contributed by atoms with Crippen molar-refractivity contribution >= 4 is 16.9 Å². The summed E-state index contributed by atoms with van der Waals surface area (Å²) >= 11 is 0. The normalized spacial score (nSPS) is 16.4. The molecule has 2 aliphatic rings. The number of pyridine rings is 2. The first kappa shape index (κ1) is 19.9. The quantitative estimate of drug-likeness (QED) is 0.479. The zero-order valence-corrected chi connectivity index (χ0v) is 18.1. The first-order valence-electron chi connectivity index (χ1n) is 11.0. The average molecular weight is 445 g/mol. The van der Waals surface area contributed by atoms with Crippen molar-refractivity contribution in [3.8, 4) is 22.9 Å². The van der Waals surface area contributed by atoms with E-state index < -0.39 is 0 Å². The number of nitrogens with one attached hydrogen (secondary N) is 1. The van der Waals surface area contributed by atoms with Crippen LogP contribution in [0.25, 0.3) is 22.3 Å². The van der Waals surface area contributed by atoms with E-state index in [2.05, 4.69) is 43.3 Å². The van der Waals surface area contributed by atoms with Gasteiger partial charge in [-0.1, -0.05) is 6.92 Å². The van der Waals surface area contributed by atoms with E-state index in [9.17, 15) is 0 Å². The van der Waals surface area contributed by atoms with Gasteiger partial charge >= 0.3 is 0 Å². The van der Waals surface area contributed by atoms with E-state index >= 15 is 0 Å². The topological polar surface area (TPSA) is 109 Å². The van der Waals surface area contributed by atoms with Crippen molar-refractivity contribution in [2.75, 3.05) is 38.3 Å². The number of aromatic nitrogens is 6. The first-order valence-corrected chi connectivity index (χ1v) is 11.0. The van der Waals surface area contributed by atoms with E-state index in [1.54, 1.807) is 12.5 Å². The summed E-state index contributed by atoms with van der Waals surface area (Å²) in [5.74, 6) is 2.20. The monoisotopic (exact) mass is 445 g/mol. The maximum absolute atomic E-state index is 5.81. The van der Waals surface area contributed by atoms with Crippen LogP contribution in [0.4, 0.5) is 5.82 Å². The predicted molar refractivity (Wildman–Crippen MR) is 121 cm³/mol. The van der Waals surface area contributed by atoms with E-state index in [1.807, 2.05) is 29.2 Å². The summed E-state index contributed by atoms with van der Waals surface area (Å²) in [6.07, 6.45) is 6.99. The Labute approximate surface area is 190 Å². The Kier molecular flexibility index (Phi) is 4.99. The molecule has 10 heteroatoms. The van der Waals surface area contributed by atoms with Crippen molar-refractivity contribution in [2.45, 2.75) is 18.9 Å². The summed E-state index contributed by atoms with van der Waals surface area (Å²) in [5, 5.41) is 8.87. The average Bonchev–Trinajstić information content (AvgIpc) is 3.24. The molecule has 1 N–H and O–H groups in total. The van der Waals surface area contributed by atoms with Crippen molar-refractivity contribution < 1.29 is 14.2 Å². The Balaban J connectivity index is 1.19. The summed E-state index contributed by atoms with van der Waals surface area (Å²) in [5.41, 5.74) is 3.64. The highest BCUT2D eigenvalue weighted by Gasteiger charge is 2.24. The smallest absolute Gasteiger partial charge is 0.257 e. The Morgan fingerprint density at radius 1 is 1.09 bits per heavy atom. The van der Waals surface area contributed by atoms with E-state index in [0.29, 0.717) is 38.9 Å². The molecule has 0 bridgehead atoms. The molecule has 33 heavy (non-hydrogen) atoms. The van der Waals surface area contributed by atoms with Gasteiger partial charge in [0.2, 0.25) is 0 Å². The number of hydrogen-bond donors (Lipinski definition) is 1. The van der Waals surface area contributed by atoms with Crippen LogP contribution in [0.15, 0.2) is 43.1 Å². The predicted octanol–water partition coefficient (Wildman–Crippen LogP) is 2.84. The summed E-state index contributed by atoms with van der Waals surface area (Å²) in [6.45, 7) is 5.22. The molecule has 2 aliphatic heterocycles. The second-order valence-corrected chi connectivity index (χ2v) is 8.22. The highest BCUT2D eigenvalue weighted by atomic mass is 16.6. The number of fused-ring (bicyclic) bond motifs is 2. The Morgan fingerprint density at radius 3 is 2.88 bits per heavy atom.